The first kappa shape index (κ1) is 22.4. The van der Waals surface area contributed by atoms with E-state index < -0.39 is 5.54 Å². The number of rotatable bonds is 4. The Balaban J connectivity index is 1.82. The lowest BCUT2D eigenvalue weighted by atomic mass is 9.87. The van der Waals surface area contributed by atoms with E-state index in [1.807, 2.05) is 13.8 Å². The summed E-state index contributed by atoms with van der Waals surface area (Å²) in [4.78, 5) is 3.82. The summed E-state index contributed by atoms with van der Waals surface area (Å²) < 4.78 is 9.01. The average molecular weight is 450 g/mol. The normalized spacial score (nSPS) is 12.7. The Morgan fingerprint density at radius 1 is 1.03 bits per heavy atom. The first-order valence-corrected chi connectivity index (χ1v) is 12.2. The lowest BCUT2D eigenvalue weighted by Crippen LogP contribution is -2.32. The Morgan fingerprint density at radius 2 is 1.79 bits per heavy atom. The van der Waals surface area contributed by atoms with Gasteiger partial charge in [0.25, 0.3) is 5.69 Å². The van der Waals surface area contributed by atoms with Gasteiger partial charge in [-0.25, -0.2) is 6.57 Å². The number of pyridine rings is 1. The van der Waals surface area contributed by atoms with Gasteiger partial charge in [-0.2, -0.15) is 4.57 Å². The lowest BCUT2D eigenvalue weighted by molar-refractivity contribution is -0.659. The molecule has 1 aromatic heterocycles. The van der Waals surface area contributed by atoms with Gasteiger partial charge in [0, 0.05) is 30.0 Å². The highest BCUT2D eigenvalue weighted by Gasteiger charge is 2.33. The monoisotopic (exact) mass is 449 g/mol. The maximum atomic E-state index is 7.55. The molecule has 0 atom stereocenters. The number of fused-ring (bicyclic) bond motifs is 4. The van der Waals surface area contributed by atoms with Gasteiger partial charge in [-0.3, -0.25) is 0 Å². The lowest BCUT2D eigenvalue weighted by Gasteiger charge is -2.24. The largest absolute Gasteiger partial charge is 0.449 e. The van der Waals surface area contributed by atoms with Crippen molar-refractivity contribution >= 4 is 21.5 Å². The van der Waals surface area contributed by atoms with Gasteiger partial charge in [0.2, 0.25) is 11.3 Å². The van der Waals surface area contributed by atoms with Crippen LogP contribution in [0.4, 0.5) is 0 Å². The molecule has 0 spiro atoms. The summed E-state index contributed by atoms with van der Waals surface area (Å²) in [7, 11) is 2.11. The second-order valence-electron chi connectivity index (χ2n) is 11.0. The Bertz CT molecular complexity index is 1520. The van der Waals surface area contributed by atoms with E-state index in [-0.39, 0.29) is 0 Å². The predicted octanol–water partition coefficient (Wildman–Crippen LogP) is 7.65. The van der Waals surface area contributed by atoms with Crippen molar-refractivity contribution in [2.45, 2.75) is 59.9 Å². The fourth-order valence-electron chi connectivity index (χ4n) is 5.40. The molecule has 1 aliphatic heterocycles. The van der Waals surface area contributed by atoms with Gasteiger partial charge >= 0.3 is 0 Å². The highest BCUT2D eigenvalue weighted by Crippen LogP contribution is 2.50. The Hall–Kier alpha value is -3.38. The second-order valence-corrected chi connectivity index (χ2v) is 11.0. The van der Waals surface area contributed by atoms with E-state index in [0.717, 1.165) is 34.4 Å². The van der Waals surface area contributed by atoms with E-state index in [2.05, 4.69) is 86.7 Å². The van der Waals surface area contributed by atoms with Crippen molar-refractivity contribution in [3.05, 3.63) is 76.3 Å². The molecule has 3 aromatic carbocycles. The van der Waals surface area contributed by atoms with Crippen LogP contribution < -0.4 is 9.30 Å². The Labute approximate surface area is 202 Å². The number of hydrogen-bond acceptors (Lipinski definition) is 1. The van der Waals surface area contributed by atoms with E-state index in [0.29, 0.717) is 12.3 Å². The SMILES string of the molecule is [C-]#[N+]C(C)(C)Cc1ccc2c[n+](C)c3c(c2c1)Oc1cc(CC(C)C)cc2cc(C)c(C)c-3c12. The van der Waals surface area contributed by atoms with Crippen molar-refractivity contribution in [3.63, 3.8) is 0 Å². The molecule has 0 unspecified atom stereocenters. The van der Waals surface area contributed by atoms with Crippen LogP contribution in [0, 0.1) is 26.3 Å². The molecule has 0 bridgehead atoms. The van der Waals surface area contributed by atoms with Gasteiger partial charge in [0.05, 0.1) is 12.0 Å². The third-order valence-electron chi connectivity index (χ3n) is 7.08. The maximum absolute atomic E-state index is 7.55. The number of nitrogens with zero attached hydrogens (tertiary/aromatic N) is 2. The van der Waals surface area contributed by atoms with E-state index >= 15 is 0 Å². The molecule has 4 aromatic rings. The molecule has 34 heavy (non-hydrogen) atoms. The summed E-state index contributed by atoms with van der Waals surface area (Å²) >= 11 is 0. The molecule has 172 valence electrons. The molecule has 0 amide bonds. The maximum Gasteiger partial charge on any atom is 0.257 e. The van der Waals surface area contributed by atoms with E-state index in [1.54, 1.807) is 0 Å². The smallest absolute Gasteiger partial charge is 0.257 e. The van der Waals surface area contributed by atoms with Crippen molar-refractivity contribution in [1.29, 1.82) is 0 Å². The molecule has 2 heterocycles. The van der Waals surface area contributed by atoms with Crippen LogP contribution in [0.3, 0.4) is 0 Å². The summed E-state index contributed by atoms with van der Waals surface area (Å²) in [6.45, 7) is 20.5. The Kier molecular flexibility index (Phi) is 5.17. The minimum Gasteiger partial charge on any atom is -0.449 e. The van der Waals surface area contributed by atoms with Gasteiger partial charge < -0.3 is 9.58 Å². The van der Waals surface area contributed by atoms with Gasteiger partial charge in [0.1, 0.15) is 12.8 Å². The molecular weight excluding hydrogens is 416 g/mol. The summed E-state index contributed by atoms with van der Waals surface area (Å²) in [6, 6.07) is 13.4. The van der Waals surface area contributed by atoms with Crippen LogP contribution >= 0.6 is 0 Å². The van der Waals surface area contributed by atoms with Crippen molar-refractivity contribution in [2.24, 2.45) is 13.0 Å². The van der Waals surface area contributed by atoms with Crippen LogP contribution in [0.1, 0.15) is 49.9 Å². The van der Waals surface area contributed by atoms with Crippen LogP contribution in [-0.4, -0.2) is 5.54 Å². The fraction of sp³-hybridized carbons (Fsp3) is 0.355. The number of aryl methyl sites for hydroxylation is 2. The molecule has 0 fully saturated rings. The zero-order chi connectivity index (χ0) is 24.4. The van der Waals surface area contributed by atoms with Gasteiger partial charge in [0.15, 0.2) is 6.20 Å². The topological polar surface area (TPSA) is 17.5 Å². The van der Waals surface area contributed by atoms with Crippen molar-refractivity contribution in [3.8, 4) is 22.8 Å². The predicted molar refractivity (Wildman–Crippen MR) is 141 cm³/mol. The number of aromatic nitrogens is 1. The number of ether oxygens (including phenoxy) is 1. The van der Waals surface area contributed by atoms with Crippen molar-refractivity contribution in [2.75, 3.05) is 0 Å². The van der Waals surface area contributed by atoms with Crippen molar-refractivity contribution in [1.82, 2.24) is 0 Å². The van der Waals surface area contributed by atoms with E-state index in [1.165, 1.54) is 38.6 Å². The van der Waals surface area contributed by atoms with Crippen LogP contribution in [0.2, 0.25) is 0 Å². The second kappa shape index (κ2) is 7.84. The first-order chi connectivity index (χ1) is 16.1. The Morgan fingerprint density at radius 3 is 2.50 bits per heavy atom. The average Bonchev–Trinajstić information content (AvgIpc) is 2.76. The van der Waals surface area contributed by atoms with Gasteiger partial charge in [-0.15, -0.1) is 0 Å². The van der Waals surface area contributed by atoms with E-state index in [9.17, 15) is 0 Å². The molecule has 1 aliphatic rings. The highest BCUT2D eigenvalue weighted by atomic mass is 16.5. The van der Waals surface area contributed by atoms with Crippen LogP contribution in [0.5, 0.6) is 11.5 Å². The summed E-state index contributed by atoms with van der Waals surface area (Å²) in [5.74, 6) is 2.46. The molecule has 0 saturated carbocycles. The molecule has 0 aliphatic carbocycles. The molecular formula is C31H33N2O+. The van der Waals surface area contributed by atoms with Crippen molar-refractivity contribution < 1.29 is 9.30 Å². The zero-order valence-electron chi connectivity index (χ0n) is 21.3. The van der Waals surface area contributed by atoms with Crippen LogP contribution in [0.15, 0.2) is 42.6 Å². The number of benzene rings is 3. The molecule has 0 N–H and O–H groups in total. The van der Waals surface area contributed by atoms with Crippen LogP contribution in [-0.2, 0) is 19.9 Å². The zero-order valence-corrected chi connectivity index (χ0v) is 21.3. The summed E-state index contributed by atoms with van der Waals surface area (Å²) in [5.41, 5.74) is 7.07. The number of hydrogen-bond donors (Lipinski definition) is 0. The third-order valence-corrected chi connectivity index (χ3v) is 7.08. The minimum atomic E-state index is -0.425. The first-order valence-electron chi connectivity index (χ1n) is 12.2. The fourth-order valence-corrected chi connectivity index (χ4v) is 5.40. The van der Waals surface area contributed by atoms with Gasteiger partial charge in [-0.1, -0.05) is 32.0 Å². The molecule has 0 radical (unpaired) electrons. The third kappa shape index (κ3) is 3.62. The molecule has 0 saturated heterocycles. The summed E-state index contributed by atoms with van der Waals surface area (Å²) in [5, 5.41) is 4.72. The van der Waals surface area contributed by atoms with E-state index in [4.69, 9.17) is 11.3 Å². The summed E-state index contributed by atoms with van der Waals surface area (Å²) in [6.07, 6.45) is 3.94. The van der Waals surface area contributed by atoms with Crippen LogP contribution in [0.25, 0.3) is 37.6 Å². The molecule has 3 heteroatoms. The minimum absolute atomic E-state index is 0.425. The molecule has 5 rings (SSSR count). The molecule has 3 nitrogen and oxygen atoms in total. The standard InChI is InChI=1S/C31H33N2O/c1-18(2)11-22-13-24-12-19(3)20(4)27-28(24)26(15-22)34-30-25-14-21(16-31(5,6)32-7)9-10-23(25)17-33(8)29(27)30/h9-10,12-15,17-18H,11,16H2,1-6,8H3/q+1. The van der Waals surface area contributed by atoms with Gasteiger partial charge in [-0.05, 0) is 72.0 Å². The quantitative estimate of drug-likeness (QED) is 0.203. The highest BCUT2D eigenvalue weighted by molar-refractivity contribution is 6.07.